The summed E-state index contributed by atoms with van der Waals surface area (Å²) in [6.45, 7) is 2.79. The van der Waals surface area contributed by atoms with Gasteiger partial charge in [0.05, 0.1) is 4.90 Å². The van der Waals surface area contributed by atoms with E-state index in [2.05, 4.69) is 17.6 Å². The lowest BCUT2D eigenvalue weighted by atomic mass is 10.2. The first kappa shape index (κ1) is 16.5. The predicted octanol–water partition coefficient (Wildman–Crippen LogP) is 2.79. The Morgan fingerprint density at radius 3 is 2.30 bits per heavy atom. The number of anilines is 1. The second-order valence-corrected chi connectivity index (χ2v) is 6.75. The fourth-order valence-corrected chi connectivity index (χ4v) is 2.34. The molecule has 0 heterocycles. The third-order valence-corrected chi connectivity index (χ3v) is 3.98. The molecule has 0 aliphatic heterocycles. The summed E-state index contributed by atoms with van der Waals surface area (Å²) >= 11 is 0. The molecule has 5 nitrogen and oxygen atoms in total. The van der Waals surface area contributed by atoms with E-state index >= 15 is 0 Å². The van der Waals surface area contributed by atoms with Crippen LogP contribution in [0.3, 0.4) is 0 Å². The van der Waals surface area contributed by atoms with Gasteiger partial charge >= 0.3 is 6.03 Å². The van der Waals surface area contributed by atoms with E-state index in [1.54, 1.807) is 12.1 Å². The van der Waals surface area contributed by atoms with Crippen molar-refractivity contribution in [2.24, 2.45) is 0 Å². The average Bonchev–Trinajstić information content (AvgIpc) is 2.38. The smallest absolute Gasteiger partial charge is 0.319 e. The highest BCUT2D eigenvalue weighted by Gasteiger charge is 2.07. The molecule has 20 heavy (non-hydrogen) atoms. The molecule has 2 N–H and O–H groups in total. The molecule has 0 spiro atoms. The minimum atomic E-state index is -3.20. The maximum atomic E-state index is 11.6. The molecule has 1 rings (SSSR count). The number of amides is 2. The normalized spacial score (nSPS) is 11.1. The van der Waals surface area contributed by atoms with Crippen LogP contribution in [0.25, 0.3) is 0 Å². The van der Waals surface area contributed by atoms with E-state index in [0.29, 0.717) is 12.2 Å². The number of carbonyl (C=O) groups excluding carboxylic acids is 1. The van der Waals surface area contributed by atoms with Gasteiger partial charge in [0.1, 0.15) is 0 Å². The van der Waals surface area contributed by atoms with Crippen LogP contribution in [-0.2, 0) is 9.84 Å². The molecule has 2 amide bonds. The van der Waals surface area contributed by atoms with Crippen LogP contribution >= 0.6 is 0 Å². The Bertz CT molecular complexity index is 524. The van der Waals surface area contributed by atoms with Gasteiger partial charge in [0, 0.05) is 18.5 Å². The number of urea groups is 1. The lowest BCUT2D eigenvalue weighted by Crippen LogP contribution is -2.29. The number of carbonyl (C=O) groups is 1. The molecule has 0 aliphatic carbocycles. The van der Waals surface area contributed by atoms with Crippen LogP contribution in [0.5, 0.6) is 0 Å². The summed E-state index contributed by atoms with van der Waals surface area (Å²) in [5.41, 5.74) is 0.573. The Morgan fingerprint density at radius 1 is 1.10 bits per heavy atom. The van der Waals surface area contributed by atoms with Gasteiger partial charge < -0.3 is 10.6 Å². The topological polar surface area (TPSA) is 75.3 Å². The molecule has 0 fully saturated rings. The molecule has 0 radical (unpaired) electrons. The van der Waals surface area contributed by atoms with Gasteiger partial charge in [-0.05, 0) is 30.7 Å². The first-order chi connectivity index (χ1) is 9.43. The Hall–Kier alpha value is -1.56. The van der Waals surface area contributed by atoms with Crippen LogP contribution in [0, 0.1) is 0 Å². The molecule has 0 bridgehead atoms. The van der Waals surface area contributed by atoms with Gasteiger partial charge in [-0.25, -0.2) is 13.2 Å². The van der Waals surface area contributed by atoms with E-state index < -0.39 is 9.84 Å². The van der Waals surface area contributed by atoms with Crippen molar-refractivity contribution in [1.29, 1.82) is 0 Å². The first-order valence-electron chi connectivity index (χ1n) is 6.78. The van der Waals surface area contributed by atoms with Crippen molar-refractivity contribution >= 4 is 21.6 Å². The lowest BCUT2D eigenvalue weighted by Gasteiger charge is -2.08. The SMILES string of the molecule is CCCCCCNC(=O)Nc1ccc(S(C)(=O)=O)cc1. The van der Waals surface area contributed by atoms with E-state index in [4.69, 9.17) is 0 Å². The van der Waals surface area contributed by atoms with Gasteiger partial charge in [-0.3, -0.25) is 0 Å². The summed E-state index contributed by atoms with van der Waals surface area (Å²) in [6.07, 6.45) is 5.57. The number of hydrogen-bond donors (Lipinski definition) is 2. The van der Waals surface area contributed by atoms with E-state index in [-0.39, 0.29) is 10.9 Å². The van der Waals surface area contributed by atoms with Crippen LogP contribution in [-0.4, -0.2) is 27.2 Å². The quantitative estimate of drug-likeness (QED) is 0.760. The van der Waals surface area contributed by atoms with Crippen LogP contribution in [0.15, 0.2) is 29.2 Å². The van der Waals surface area contributed by atoms with Crippen LogP contribution in [0.1, 0.15) is 32.6 Å². The summed E-state index contributed by atoms with van der Waals surface area (Å²) in [5.74, 6) is 0. The zero-order valence-electron chi connectivity index (χ0n) is 12.0. The molecule has 0 aliphatic rings. The molecule has 1 aromatic carbocycles. The predicted molar refractivity (Wildman–Crippen MR) is 80.7 cm³/mol. The van der Waals surface area contributed by atoms with Crippen molar-refractivity contribution in [3.8, 4) is 0 Å². The molecule has 0 saturated heterocycles. The van der Waals surface area contributed by atoms with Crippen molar-refractivity contribution in [3.05, 3.63) is 24.3 Å². The molecular formula is C14H22N2O3S. The van der Waals surface area contributed by atoms with Crippen LogP contribution in [0.4, 0.5) is 10.5 Å². The largest absolute Gasteiger partial charge is 0.338 e. The van der Waals surface area contributed by atoms with E-state index in [1.165, 1.54) is 25.0 Å². The second-order valence-electron chi connectivity index (χ2n) is 4.74. The van der Waals surface area contributed by atoms with Gasteiger partial charge in [0.25, 0.3) is 0 Å². The summed E-state index contributed by atoms with van der Waals surface area (Å²) < 4.78 is 22.6. The number of hydrogen-bond acceptors (Lipinski definition) is 3. The molecule has 112 valence electrons. The standard InChI is InChI=1S/C14H22N2O3S/c1-3-4-5-6-11-15-14(17)16-12-7-9-13(10-8-12)20(2,18)19/h7-10H,3-6,11H2,1-2H3,(H2,15,16,17). The van der Waals surface area contributed by atoms with E-state index in [1.807, 2.05) is 0 Å². The molecule has 0 atom stereocenters. The molecule has 1 aromatic rings. The van der Waals surface area contributed by atoms with Crippen molar-refractivity contribution in [2.45, 2.75) is 37.5 Å². The average molecular weight is 298 g/mol. The maximum Gasteiger partial charge on any atom is 0.319 e. The molecule has 0 unspecified atom stereocenters. The highest BCUT2D eigenvalue weighted by molar-refractivity contribution is 7.90. The molecule has 6 heteroatoms. The van der Waals surface area contributed by atoms with Gasteiger partial charge in [0.2, 0.25) is 0 Å². The molecule has 0 saturated carbocycles. The van der Waals surface area contributed by atoms with E-state index in [9.17, 15) is 13.2 Å². The molecular weight excluding hydrogens is 276 g/mol. The highest BCUT2D eigenvalue weighted by atomic mass is 32.2. The Kier molecular flexibility index (Phi) is 6.51. The third-order valence-electron chi connectivity index (χ3n) is 2.86. The fourth-order valence-electron chi connectivity index (χ4n) is 1.71. The summed E-state index contributed by atoms with van der Waals surface area (Å²) in [5, 5.41) is 5.43. The minimum Gasteiger partial charge on any atom is -0.338 e. The second kappa shape index (κ2) is 7.89. The number of nitrogens with one attached hydrogen (secondary N) is 2. The number of benzene rings is 1. The number of sulfone groups is 1. The van der Waals surface area contributed by atoms with Gasteiger partial charge in [0.15, 0.2) is 9.84 Å². The third kappa shape index (κ3) is 6.06. The van der Waals surface area contributed by atoms with Crippen molar-refractivity contribution in [1.82, 2.24) is 5.32 Å². The lowest BCUT2D eigenvalue weighted by molar-refractivity contribution is 0.252. The zero-order chi connectivity index (χ0) is 15.0. The zero-order valence-corrected chi connectivity index (χ0v) is 12.8. The van der Waals surface area contributed by atoms with Crippen molar-refractivity contribution in [3.63, 3.8) is 0 Å². The van der Waals surface area contributed by atoms with Gasteiger partial charge in [-0.2, -0.15) is 0 Å². The maximum absolute atomic E-state index is 11.6. The summed E-state index contributed by atoms with van der Waals surface area (Å²) in [4.78, 5) is 11.8. The summed E-state index contributed by atoms with van der Waals surface area (Å²) in [7, 11) is -3.20. The van der Waals surface area contributed by atoms with Gasteiger partial charge in [-0.15, -0.1) is 0 Å². The highest BCUT2D eigenvalue weighted by Crippen LogP contribution is 2.13. The summed E-state index contributed by atoms with van der Waals surface area (Å²) in [6, 6.07) is 5.84. The Balaban J connectivity index is 2.39. The monoisotopic (exact) mass is 298 g/mol. The van der Waals surface area contributed by atoms with Gasteiger partial charge in [-0.1, -0.05) is 26.2 Å². The van der Waals surface area contributed by atoms with Crippen molar-refractivity contribution in [2.75, 3.05) is 18.1 Å². The minimum absolute atomic E-state index is 0.239. The Labute approximate surface area is 120 Å². The first-order valence-corrected chi connectivity index (χ1v) is 8.67. The fraction of sp³-hybridized carbons (Fsp3) is 0.500. The van der Waals surface area contributed by atoms with E-state index in [0.717, 1.165) is 19.1 Å². The Morgan fingerprint density at radius 2 is 1.75 bits per heavy atom. The molecule has 0 aromatic heterocycles. The number of unbranched alkanes of at least 4 members (excludes halogenated alkanes) is 3. The van der Waals surface area contributed by atoms with Crippen LogP contribution in [0.2, 0.25) is 0 Å². The van der Waals surface area contributed by atoms with Crippen molar-refractivity contribution < 1.29 is 13.2 Å². The van der Waals surface area contributed by atoms with Crippen LogP contribution < -0.4 is 10.6 Å². The number of rotatable bonds is 7.